The summed E-state index contributed by atoms with van der Waals surface area (Å²) in [5.74, 6) is -0.0823. The van der Waals surface area contributed by atoms with Crippen LogP contribution in [-0.4, -0.2) is 38.8 Å². The summed E-state index contributed by atoms with van der Waals surface area (Å²) in [5.41, 5.74) is 1.36. The number of nitrogens with zero attached hydrogens (tertiary/aromatic N) is 1. The molecule has 6 nitrogen and oxygen atoms in total. The van der Waals surface area contributed by atoms with Gasteiger partial charge in [-0.05, 0) is 49.1 Å². The topological polar surface area (TPSA) is 75.7 Å². The van der Waals surface area contributed by atoms with Gasteiger partial charge in [-0.3, -0.25) is 4.79 Å². The third-order valence-corrected chi connectivity index (χ3v) is 8.26. The van der Waals surface area contributed by atoms with Crippen molar-refractivity contribution in [3.05, 3.63) is 63.6 Å². The zero-order valence-electron chi connectivity index (χ0n) is 18.2. The van der Waals surface area contributed by atoms with E-state index in [0.29, 0.717) is 35.0 Å². The van der Waals surface area contributed by atoms with Crippen LogP contribution in [0.15, 0.2) is 42.5 Å². The second kappa shape index (κ2) is 10.9. The maximum absolute atomic E-state index is 13.1. The fraction of sp³-hybridized carbons (Fsp3) is 0.435. The van der Waals surface area contributed by atoms with Gasteiger partial charge in [0.05, 0.1) is 24.8 Å². The average Bonchev–Trinajstić information content (AvgIpc) is 2.80. The normalized spacial score (nSPS) is 18.2. The fourth-order valence-electron chi connectivity index (χ4n) is 3.90. The Morgan fingerprint density at radius 1 is 1.19 bits per heavy atom. The lowest BCUT2D eigenvalue weighted by molar-refractivity contribution is -0.126. The summed E-state index contributed by atoms with van der Waals surface area (Å²) in [5, 5.41) is 3.72. The summed E-state index contributed by atoms with van der Waals surface area (Å²) in [7, 11) is -2.06. The van der Waals surface area contributed by atoms with Crippen molar-refractivity contribution in [1.29, 1.82) is 0 Å². The Kier molecular flexibility index (Phi) is 8.44. The molecule has 2 aromatic carbocycles. The molecule has 1 amide bonds. The Morgan fingerprint density at radius 2 is 1.84 bits per heavy atom. The highest BCUT2D eigenvalue weighted by molar-refractivity contribution is 7.88. The zero-order valence-corrected chi connectivity index (χ0v) is 20.5. The summed E-state index contributed by atoms with van der Waals surface area (Å²) in [6.45, 7) is 2.53. The highest BCUT2D eigenvalue weighted by Crippen LogP contribution is 2.29. The first-order valence-electron chi connectivity index (χ1n) is 10.6. The van der Waals surface area contributed by atoms with Crippen LogP contribution in [0.2, 0.25) is 10.0 Å². The van der Waals surface area contributed by atoms with Gasteiger partial charge in [0.25, 0.3) is 0 Å². The molecular formula is C23H28Cl2N2O4S. The Balaban J connectivity index is 1.68. The van der Waals surface area contributed by atoms with Crippen molar-refractivity contribution >= 4 is 39.1 Å². The fourth-order valence-corrected chi connectivity index (χ4v) is 6.26. The van der Waals surface area contributed by atoms with Crippen molar-refractivity contribution < 1.29 is 17.9 Å². The predicted molar refractivity (Wildman–Crippen MR) is 128 cm³/mol. The van der Waals surface area contributed by atoms with E-state index in [1.54, 1.807) is 25.3 Å². The molecule has 0 aromatic heterocycles. The van der Waals surface area contributed by atoms with Crippen LogP contribution in [0.3, 0.4) is 0 Å². The number of hydrogen-bond acceptors (Lipinski definition) is 4. The van der Waals surface area contributed by atoms with Crippen molar-refractivity contribution in [1.82, 2.24) is 9.62 Å². The molecule has 0 unspecified atom stereocenters. The number of carbonyl (C=O) groups excluding carboxylic acids is 1. The quantitative estimate of drug-likeness (QED) is 0.566. The molecule has 9 heteroatoms. The van der Waals surface area contributed by atoms with Gasteiger partial charge >= 0.3 is 0 Å². The van der Waals surface area contributed by atoms with E-state index < -0.39 is 15.9 Å². The standard InChI is InChI=1S/C23H28Cl2N2O4S/c1-3-22(16-9-11-18(31-2)12-10-16)26-23(28)17-6-5-13-27(14-17)32(29,30)15-19-20(24)7-4-8-21(19)25/h4,7-12,17,22H,3,5-6,13-15H2,1-2H3,(H,26,28)/t17-,22-/m0/s1. The van der Waals surface area contributed by atoms with E-state index in [1.165, 1.54) is 4.31 Å². The number of hydrogen-bond donors (Lipinski definition) is 1. The number of benzene rings is 2. The number of halogens is 2. The molecule has 1 N–H and O–H groups in total. The third-order valence-electron chi connectivity index (χ3n) is 5.78. The Morgan fingerprint density at radius 3 is 2.44 bits per heavy atom. The minimum atomic E-state index is -3.67. The highest BCUT2D eigenvalue weighted by Gasteiger charge is 2.33. The van der Waals surface area contributed by atoms with Crippen molar-refractivity contribution in [2.75, 3.05) is 20.2 Å². The number of nitrogens with one attached hydrogen (secondary N) is 1. The predicted octanol–water partition coefficient (Wildman–Crippen LogP) is 4.81. The van der Waals surface area contributed by atoms with Crippen LogP contribution in [0.4, 0.5) is 0 Å². The first kappa shape index (κ1) is 24.8. The van der Waals surface area contributed by atoms with Gasteiger partial charge in [0.2, 0.25) is 15.9 Å². The summed E-state index contributed by atoms with van der Waals surface area (Å²) in [4.78, 5) is 13.0. The molecule has 0 radical (unpaired) electrons. The van der Waals surface area contributed by atoms with Gasteiger partial charge in [0, 0.05) is 28.7 Å². The zero-order chi connectivity index (χ0) is 23.3. The monoisotopic (exact) mass is 498 g/mol. The van der Waals surface area contributed by atoms with Crippen molar-refractivity contribution in [2.24, 2.45) is 5.92 Å². The molecule has 2 aromatic rings. The number of rotatable bonds is 8. The first-order valence-corrected chi connectivity index (χ1v) is 13.0. The van der Waals surface area contributed by atoms with Crippen LogP contribution < -0.4 is 10.1 Å². The van der Waals surface area contributed by atoms with Crippen molar-refractivity contribution in [3.8, 4) is 5.75 Å². The number of methoxy groups -OCH3 is 1. The molecule has 3 rings (SSSR count). The van der Waals surface area contributed by atoms with Gasteiger partial charge in [-0.2, -0.15) is 0 Å². The lowest BCUT2D eigenvalue weighted by Gasteiger charge is -2.32. The van der Waals surface area contributed by atoms with Crippen molar-refractivity contribution in [3.63, 3.8) is 0 Å². The summed E-state index contributed by atoms with van der Waals surface area (Å²) < 4.78 is 32.7. The smallest absolute Gasteiger partial charge is 0.224 e. The summed E-state index contributed by atoms with van der Waals surface area (Å²) in [6, 6.07) is 12.3. The van der Waals surface area contributed by atoms with E-state index in [2.05, 4.69) is 5.32 Å². The van der Waals surface area contributed by atoms with Crippen LogP contribution in [-0.2, 0) is 20.6 Å². The molecule has 0 saturated carbocycles. The van der Waals surface area contributed by atoms with Crippen molar-refractivity contribution in [2.45, 2.75) is 38.0 Å². The van der Waals surface area contributed by atoms with E-state index in [-0.39, 0.29) is 24.2 Å². The van der Waals surface area contributed by atoms with Crippen LogP contribution in [0.5, 0.6) is 5.75 Å². The maximum Gasteiger partial charge on any atom is 0.224 e. The molecule has 0 aliphatic carbocycles. The van der Waals surface area contributed by atoms with Gasteiger partial charge in [-0.25, -0.2) is 12.7 Å². The minimum Gasteiger partial charge on any atom is -0.497 e. The Bertz CT molecular complexity index is 1020. The molecule has 2 atom stereocenters. The molecule has 1 aliphatic rings. The number of sulfonamides is 1. The van der Waals surface area contributed by atoms with Gasteiger partial charge in [-0.15, -0.1) is 0 Å². The van der Waals surface area contributed by atoms with Crippen LogP contribution >= 0.6 is 23.2 Å². The molecule has 1 saturated heterocycles. The number of piperidine rings is 1. The molecule has 1 aliphatic heterocycles. The highest BCUT2D eigenvalue weighted by atomic mass is 35.5. The minimum absolute atomic E-state index is 0.136. The SMILES string of the molecule is CC[C@H](NC(=O)[C@H]1CCCN(S(=O)(=O)Cc2c(Cl)cccc2Cl)C1)c1ccc(OC)cc1. The second-order valence-electron chi connectivity index (χ2n) is 7.90. The Hall–Kier alpha value is -1.80. The van der Waals surface area contributed by atoms with E-state index in [0.717, 1.165) is 17.7 Å². The molecule has 0 bridgehead atoms. The summed E-state index contributed by atoms with van der Waals surface area (Å²) in [6.07, 6.45) is 1.98. The van der Waals surface area contributed by atoms with Gasteiger partial charge in [-0.1, -0.05) is 48.3 Å². The Labute approximate surface area is 199 Å². The van der Waals surface area contributed by atoms with Crippen LogP contribution in [0, 0.1) is 5.92 Å². The van der Waals surface area contributed by atoms with Crippen LogP contribution in [0.25, 0.3) is 0 Å². The van der Waals surface area contributed by atoms with Gasteiger partial charge < -0.3 is 10.1 Å². The second-order valence-corrected chi connectivity index (χ2v) is 10.7. The lowest BCUT2D eigenvalue weighted by atomic mass is 9.97. The van der Waals surface area contributed by atoms with Gasteiger partial charge in [0.15, 0.2) is 0 Å². The van der Waals surface area contributed by atoms with E-state index >= 15 is 0 Å². The van der Waals surface area contributed by atoms with E-state index in [1.807, 2.05) is 31.2 Å². The number of amides is 1. The van der Waals surface area contributed by atoms with E-state index in [4.69, 9.17) is 27.9 Å². The first-order chi connectivity index (χ1) is 15.2. The summed E-state index contributed by atoms with van der Waals surface area (Å²) >= 11 is 12.3. The average molecular weight is 499 g/mol. The van der Waals surface area contributed by atoms with Crippen LogP contribution in [0.1, 0.15) is 43.4 Å². The maximum atomic E-state index is 13.1. The molecule has 1 fully saturated rings. The van der Waals surface area contributed by atoms with Gasteiger partial charge in [0.1, 0.15) is 5.75 Å². The molecule has 0 spiro atoms. The molecular weight excluding hydrogens is 471 g/mol. The number of carbonyl (C=O) groups is 1. The van der Waals surface area contributed by atoms with E-state index in [9.17, 15) is 13.2 Å². The largest absolute Gasteiger partial charge is 0.497 e. The molecule has 174 valence electrons. The third kappa shape index (κ3) is 5.95. The molecule has 32 heavy (non-hydrogen) atoms. The lowest BCUT2D eigenvalue weighted by Crippen LogP contribution is -2.46. The number of ether oxygens (including phenoxy) is 1. The molecule has 1 heterocycles.